The standard InChI is InChI=1S/C20H31N3O3/c1-5-23-18(24)12-11-16(20(25)21-13-8-14-22(2)3)19(23)15-9-6-7-10-17(15)26-4/h6-7,9-10,16,19H,5,8,11-14H2,1-4H3,(H,21,25)/t16-,19+/m1/s1. The second-order valence-corrected chi connectivity index (χ2v) is 6.96. The fourth-order valence-electron chi connectivity index (χ4n) is 3.63. The Bertz CT molecular complexity index is 618. The average Bonchev–Trinajstić information content (AvgIpc) is 2.64. The average molecular weight is 361 g/mol. The van der Waals surface area contributed by atoms with Crippen LogP contribution in [0.2, 0.25) is 0 Å². The summed E-state index contributed by atoms with van der Waals surface area (Å²) < 4.78 is 5.50. The third-order valence-corrected chi connectivity index (χ3v) is 4.92. The minimum Gasteiger partial charge on any atom is -0.496 e. The van der Waals surface area contributed by atoms with E-state index in [0.29, 0.717) is 25.9 Å². The Morgan fingerprint density at radius 3 is 2.73 bits per heavy atom. The number of hydrogen-bond acceptors (Lipinski definition) is 4. The summed E-state index contributed by atoms with van der Waals surface area (Å²) in [7, 11) is 5.66. The molecule has 0 unspecified atom stereocenters. The quantitative estimate of drug-likeness (QED) is 0.720. The lowest BCUT2D eigenvalue weighted by atomic mass is 9.83. The molecule has 1 fully saturated rings. The first kappa shape index (κ1) is 20.2. The van der Waals surface area contributed by atoms with Crippen molar-refractivity contribution < 1.29 is 14.3 Å². The molecule has 6 nitrogen and oxygen atoms in total. The summed E-state index contributed by atoms with van der Waals surface area (Å²) in [6.45, 7) is 4.11. The molecule has 1 aliphatic rings. The van der Waals surface area contributed by atoms with Gasteiger partial charge < -0.3 is 19.9 Å². The van der Waals surface area contributed by atoms with E-state index in [2.05, 4.69) is 10.2 Å². The highest BCUT2D eigenvalue weighted by Crippen LogP contribution is 2.40. The zero-order valence-electron chi connectivity index (χ0n) is 16.3. The summed E-state index contributed by atoms with van der Waals surface area (Å²) in [5.41, 5.74) is 0.901. The van der Waals surface area contributed by atoms with Gasteiger partial charge in [0.05, 0.1) is 19.1 Å². The number of carbonyl (C=O) groups excluding carboxylic acids is 2. The molecular formula is C20H31N3O3. The second kappa shape index (κ2) is 9.57. The molecule has 1 N–H and O–H groups in total. The first-order valence-corrected chi connectivity index (χ1v) is 9.34. The molecule has 6 heteroatoms. The number of nitrogens with one attached hydrogen (secondary N) is 1. The highest BCUT2D eigenvalue weighted by Gasteiger charge is 2.40. The number of amides is 2. The Kier molecular flexibility index (Phi) is 7.45. The number of likely N-dealkylation sites (tertiary alicyclic amines) is 1. The van der Waals surface area contributed by atoms with Crippen LogP contribution in [-0.4, -0.2) is 62.5 Å². The molecule has 1 aromatic rings. The van der Waals surface area contributed by atoms with E-state index in [0.717, 1.165) is 24.3 Å². The molecular weight excluding hydrogens is 330 g/mol. The number of nitrogens with zero attached hydrogens (tertiary/aromatic N) is 2. The number of hydrogen-bond donors (Lipinski definition) is 1. The van der Waals surface area contributed by atoms with Crippen molar-refractivity contribution in [3.05, 3.63) is 29.8 Å². The summed E-state index contributed by atoms with van der Waals surface area (Å²) in [5, 5.41) is 3.06. The largest absolute Gasteiger partial charge is 0.496 e. The van der Waals surface area contributed by atoms with Gasteiger partial charge in [-0.2, -0.15) is 0 Å². The highest BCUT2D eigenvalue weighted by atomic mass is 16.5. The maximum atomic E-state index is 12.9. The van der Waals surface area contributed by atoms with Crippen molar-refractivity contribution >= 4 is 11.8 Å². The molecule has 0 aromatic heterocycles. The maximum Gasteiger partial charge on any atom is 0.225 e. The summed E-state index contributed by atoms with van der Waals surface area (Å²) >= 11 is 0. The Labute approximate surface area is 156 Å². The van der Waals surface area contributed by atoms with E-state index in [-0.39, 0.29) is 23.8 Å². The molecule has 1 saturated heterocycles. The summed E-state index contributed by atoms with van der Waals surface area (Å²) in [5.74, 6) is 0.574. The molecule has 0 bridgehead atoms. The molecule has 26 heavy (non-hydrogen) atoms. The fourth-order valence-corrected chi connectivity index (χ4v) is 3.63. The van der Waals surface area contributed by atoms with Crippen LogP contribution in [0, 0.1) is 5.92 Å². The van der Waals surface area contributed by atoms with Crippen LogP contribution >= 0.6 is 0 Å². The number of carbonyl (C=O) groups is 2. The summed E-state index contributed by atoms with van der Waals surface area (Å²) in [6.07, 6.45) is 1.88. The lowest BCUT2D eigenvalue weighted by molar-refractivity contribution is -0.143. The topological polar surface area (TPSA) is 61.9 Å². The van der Waals surface area contributed by atoms with Gasteiger partial charge in [-0.05, 0) is 46.5 Å². The number of piperidine rings is 1. The third-order valence-electron chi connectivity index (χ3n) is 4.92. The molecule has 0 spiro atoms. The zero-order chi connectivity index (χ0) is 19.1. The van der Waals surface area contributed by atoms with Crippen molar-refractivity contribution in [2.75, 3.05) is 40.8 Å². The van der Waals surface area contributed by atoms with Crippen LogP contribution in [0.1, 0.15) is 37.8 Å². The first-order valence-electron chi connectivity index (χ1n) is 9.34. The monoisotopic (exact) mass is 361 g/mol. The maximum absolute atomic E-state index is 12.9. The van der Waals surface area contributed by atoms with Crippen molar-refractivity contribution in [3.8, 4) is 5.75 Å². The smallest absolute Gasteiger partial charge is 0.225 e. The van der Waals surface area contributed by atoms with Gasteiger partial charge in [-0.15, -0.1) is 0 Å². The molecule has 0 saturated carbocycles. The third kappa shape index (κ3) is 4.75. The Hall–Kier alpha value is -2.08. The number of methoxy groups -OCH3 is 1. The van der Waals surface area contributed by atoms with Gasteiger partial charge in [-0.3, -0.25) is 9.59 Å². The molecule has 0 radical (unpaired) electrons. The minimum absolute atomic E-state index is 0.0191. The minimum atomic E-state index is -0.286. The Balaban J connectivity index is 2.22. The molecule has 1 aromatic carbocycles. The first-order chi connectivity index (χ1) is 12.5. The lowest BCUT2D eigenvalue weighted by Crippen LogP contribution is -2.48. The molecule has 2 amide bonds. The molecule has 1 aliphatic heterocycles. The van der Waals surface area contributed by atoms with Crippen LogP contribution in [0.3, 0.4) is 0 Å². The predicted molar refractivity (Wildman–Crippen MR) is 102 cm³/mol. The van der Waals surface area contributed by atoms with Crippen LogP contribution in [0.4, 0.5) is 0 Å². The molecule has 2 rings (SSSR count). The number of rotatable bonds is 8. The van der Waals surface area contributed by atoms with Crippen LogP contribution in [0.25, 0.3) is 0 Å². The van der Waals surface area contributed by atoms with E-state index in [1.807, 2.05) is 50.2 Å². The normalized spacial score (nSPS) is 20.3. The molecule has 0 aliphatic carbocycles. The highest BCUT2D eigenvalue weighted by molar-refractivity contribution is 5.85. The van der Waals surface area contributed by atoms with Gasteiger partial charge in [0, 0.05) is 25.1 Å². The van der Waals surface area contributed by atoms with Crippen LogP contribution in [-0.2, 0) is 9.59 Å². The fraction of sp³-hybridized carbons (Fsp3) is 0.600. The van der Waals surface area contributed by atoms with Crippen LogP contribution < -0.4 is 10.1 Å². The van der Waals surface area contributed by atoms with E-state index >= 15 is 0 Å². The van der Waals surface area contributed by atoms with Crippen molar-refractivity contribution in [2.24, 2.45) is 5.92 Å². The van der Waals surface area contributed by atoms with Crippen molar-refractivity contribution in [1.29, 1.82) is 0 Å². The van der Waals surface area contributed by atoms with Crippen LogP contribution in [0.5, 0.6) is 5.75 Å². The van der Waals surface area contributed by atoms with Gasteiger partial charge in [-0.1, -0.05) is 18.2 Å². The number of para-hydroxylation sites is 1. The van der Waals surface area contributed by atoms with Gasteiger partial charge >= 0.3 is 0 Å². The van der Waals surface area contributed by atoms with E-state index < -0.39 is 0 Å². The van der Waals surface area contributed by atoms with Crippen molar-refractivity contribution in [3.63, 3.8) is 0 Å². The lowest BCUT2D eigenvalue weighted by Gasteiger charge is -2.40. The van der Waals surface area contributed by atoms with Gasteiger partial charge in [-0.25, -0.2) is 0 Å². The van der Waals surface area contributed by atoms with E-state index in [1.165, 1.54) is 0 Å². The van der Waals surface area contributed by atoms with Gasteiger partial charge in [0.2, 0.25) is 11.8 Å². The van der Waals surface area contributed by atoms with Crippen molar-refractivity contribution in [1.82, 2.24) is 15.1 Å². The number of ether oxygens (including phenoxy) is 1. The van der Waals surface area contributed by atoms with Gasteiger partial charge in [0.25, 0.3) is 0 Å². The number of benzene rings is 1. The van der Waals surface area contributed by atoms with E-state index in [9.17, 15) is 9.59 Å². The zero-order valence-corrected chi connectivity index (χ0v) is 16.3. The summed E-state index contributed by atoms with van der Waals surface area (Å²) in [4.78, 5) is 29.3. The Morgan fingerprint density at radius 2 is 2.08 bits per heavy atom. The van der Waals surface area contributed by atoms with Crippen LogP contribution in [0.15, 0.2) is 24.3 Å². The molecule has 2 atom stereocenters. The van der Waals surface area contributed by atoms with Crippen molar-refractivity contribution in [2.45, 2.75) is 32.2 Å². The van der Waals surface area contributed by atoms with E-state index in [1.54, 1.807) is 7.11 Å². The molecule has 144 valence electrons. The Morgan fingerprint density at radius 1 is 1.35 bits per heavy atom. The predicted octanol–water partition coefficient (Wildman–Crippen LogP) is 2.06. The van der Waals surface area contributed by atoms with Gasteiger partial charge in [0.1, 0.15) is 5.75 Å². The van der Waals surface area contributed by atoms with E-state index in [4.69, 9.17) is 4.74 Å². The summed E-state index contributed by atoms with van der Waals surface area (Å²) in [6, 6.07) is 7.38. The van der Waals surface area contributed by atoms with Gasteiger partial charge in [0.15, 0.2) is 0 Å². The second-order valence-electron chi connectivity index (χ2n) is 6.96. The molecule has 1 heterocycles. The SMILES string of the molecule is CCN1C(=O)CC[C@@H](C(=O)NCCCN(C)C)[C@@H]1c1ccccc1OC.